The molecule has 0 bridgehead atoms. The van der Waals surface area contributed by atoms with Gasteiger partial charge >= 0.3 is 5.97 Å². The number of halogens is 2. The number of Topliss-reactive ketones (excluding diaryl/α,β-unsaturated/α-hetero) is 1. The second-order valence-corrected chi connectivity index (χ2v) is 7.16. The second kappa shape index (κ2) is 9.54. The minimum atomic E-state index is -1.17. The fourth-order valence-corrected chi connectivity index (χ4v) is 2.95. The number of hydrogen-bond acceptors (Lipinski definition) is 5. The predicted octanol–water partition coefficient (Wildman–Crippen LogP) is 4.59. The average Bonchev–Trinajstić information content (AvgIpc) is 3.17. The molecule has 1 atom stereocenters. The first kappa shape index (κ1) is 20.8. The third kappa shape index (κ3) is 5.56. The topological polar surface area (TPSA) is 85.6 Å². The van der Waals surface area contributed by atoms with Gasteiger partial charge in [0.05, 0.1) is 0 Å². The first-order chi connectivity index (χ1) is 13.9. The normalized spacial score (nSPS) is 11.5. The minimum Gasteiger partial charge on any atom is -0.448 e. The highest BCUT2D eigenvalue weighted by molar-refractivity contribution is 9.10. The molecule has 1 aromatic heterocycles. The summed E-state index contributed by atoms with van der Waals surface area (Å²) in [6, 6.07) is 17.9. The summed E-state index contributed by atoms with van der Waals surface area (Å²) in [6.45, 7) is -0.427. The van der Waals surface area contributed by atoms with Crippen molar-refractivity contribution in [2.45, 2.75) is 6.10 Å². The van der Waals surface area contributed by atoms with Crippen LogP contribution in [-0.2, 0) is 9.53 Å². The molecule has 0 unspecified atom stereocenters. The molecule has 0 aliphatic carbocycles. The highest BCUT2D eigenvalue weighted by Crippen LogP contribution is 2.24. The van der Waals surface area contributed by atoms with Crippen LogP contribution >= 0.6 is 27.5 Å². The molecular formula is C21H15BrClNO5. The van der Waals surface area contributed by atoms with E-state index in [1.165, 1.54) is 6.07 Å². The molecule has 6 nitrogen and oxygen atoms in total. The molecule has 3 rings (SSSR count). The molecule has 0 saturated carbocycles. The van der Waals surface area contributed by atoms with Gasteiger partial charge in [-0.05, 0) is 40.2 Å². The van der Waals surface area contributed by atoms with E-state index >= 15 is 0 Å². The van der Waals surface area contributed by atoms with Crippen molar-refractivity contribution >= 4 is 45.2 Å². The van der Waals surface area contributed by atoms with Gasteiger partial charge in [0, 0.05) is 16.1 Å². The summed E-state index contributed by atoms with van der Waals surface area (Å²) in [6.07, 6.45) is -1.17. The van der Waals surface area contributed by atoms with Crippen molar-refractivity contribution in [1.82, 2.24) is 5.32 Å². The van der Waals surface area contributed by atoms with Gasteiger partial charge in [-0.1, -0.05) is 54.1 Å². The zero-order valence-electron chi connectivity index (χ0n) is 14.9. The van der Waals surface area contributed by atoms with Gasteiger partial charge in [-0.2, -0.15) is 0 Å². The Bertz CT molecular complexity index is 1020. The Hall–Kier alpha value is -2.90. The molecule has 0 spiro atoms. The van der Waals surface area contributed by atoms with Crippen molar-refractivity contribution in [2.75, 3.05) is 6.54 Å². The number of benzene rings is 2. The molecule has 0 radical (unpaired) electrons. The van der Waals surface area contributed by atoms with Gasteiger partial charge < -0.3 is 14.5 Å². The third-order valence-electron chi connectivity index (χ3n) is 3.91. The van der Waals surface area contributed by atoms with Gasteiger partial charge in [0.15, 0.2) is 16.5 Å². The maximum absolute atomic E-state index is 12.9. The predicted molar refractivity (Wildman–Crippen MR) is 110 cm³/mol. The zero-order chi connectivity index (χ0) is 20.8. The first-order valence-electron chi connectivity index (χ1n) is 8.52. The van der Waals surface area contributed by atoms with Crippen molar-refractivity contribution in [3.63, 3.8) is 0 Å². The molecule has 0 fully saturated rings. The van der Waals surface area contributed by atoms with Crippen LogP contribution in [0.4, 0.5) is 0 Å². The Kier molecular flexibility index (Phi) is 6.85. The Balaban J connectivity index is 1.72. The fraction of sp³-hybridized carbons (Fsp3) is 0.0952. The van der Waals surface area contributed by atoms with Gasteiger partial charge in [-0.25, -0.2) is 0 Å². The van der Waals surface area contributed by atoms with Crippen LogP contribution in [0.2, 0.25) is 5.02 Å². The van der Waals surface area contributed by atoms with E-state index in [0.717, 1.165) is 0 Å². The highest BCUT2D eigenvalue weighted by Gasteiger charge is 2.26. The van der Waals surface area contributed by atoms with Crippen LogP contribution in [0.25, 0.3) is 0 Å². The summed E-state index contributed by atoms with van der Waals surface area (Å²) in [7, 11) is 0. The van der Waals surface area contributed by atoms with Gasteiger partial charge in [0.1, 0.15) is 6.54 Å². The summed E-state index contributed by atoms with van der Waals surface area (Å²) in [5.41, 5.74) is 0.864. The van der Waals surface area contributed by atoms with Crippen LogP contribution in [0.15, 0.2) is 75.8 Å². The highest BCUT2D eigenvalue weighted by atomic mass is 79.9. The summed E-state index contributed by atoms with van der Waals surface area (Å²) >= 11 is 9.01. The van der Waals surface area contributed by atoms with E-state index in [-0.39, 0.29) is 11.5 Å². The lowest BCUT2D eigenvalue weighted by Crippen LogP contribution is -2.32. The first-order valence-corrected chi connectivity index (χ1v) is 9.69. The van der Waals surface area contributed by atoms with Gasteiger partial charge in [0.2, 0.25) is 5.78 Å². The monoisotopic (exact) mass is 475 g/mol. The Morgan fingerprint density at radius 1 is 1.00 bits per heavy atom. The number of nitrogens with one attached hydrogen (secondary N) is 1. The van der Waals surface area contributed by atoms with Crippen molar-refractivity contribution < 1.29 is 23.5 Å². The molecule has 0 aliphatic heterocycles. The number of esters is 1. The van der Waals surface area contributed by atoms with Gasteiger partial charge in [0.25, 0.3) is 5.91 Å². The van der Waals surface area contributed by atoms with E-state index in [0.29, 0.717) is 20.8 Å². The second-order valence-electron chi connectivity index (χ2n) is 5.94. The summed E-state index contributed by atoms with van der Waals surface area (Å²) in [5, 5.41) is 2.88. The van der Waals surface area contributed by atoms with E-state index in [2.05, 4.69) is 21.2 Å². The number of hydrogen-bond donors (Lipinski definition) is 1. The number of ether oxygens (including phenoxy) is 1. The van der Waals surface area contributed by atoms with E-state index < -0.39 is 24.5 Å². The Morgan fingerprint density at radius 3 is 2.31 bits per heavy atom. The van der Waals surface area contributed by atoms with Crippen LogP contribution < -0.4 is 5.32 Å². The average molecular weight is 477 g/mol. The maximum atomic E-state index is 12.9. The van der Waals surface area contributed by atoms with Gasteiger partial charge in [-0.15, -0.1) is 0 Å². The van der Waals surface area contributed by atoms with E-state index in [4.69, 9.17) is 20.8 Å². The van der Waals surface area contributed by atoms with Crippen molar-refractivity contribution in [1.29, 1.82) is 0 Å². The summed E-state index contributed by atoms with van der Waals surface area (Å²) in [4.78, 5) is 37.2. The molecular weight excluding hydrogens is 462 g/mol. The standard InChI is InChI=1S/C21H15BrClNO5/c22-17-11-10-16(28-17)21(27)24-12-18(25)29-20(14-6-8-15(23)9-7-14)19(26)13-4-2-1-3-5-13/h1-11,20H,12H2,(H,24,27)/t20-/m0/s1. The van der Waals surface area contributed by atoms with Gasteiger partial charge in [-0.3, -0.25) is 14.4 Å². The van der Waals surface area contributed by atoms with Crippen molar-refractivity contribution in [3.8, 4) is 0 Å². The largest absolute Gasteiger partial charge is 0.448 e. The number of amides is 1. The SMILES string of the molecule is O=C(CNC(=O)c1ccc(Br)o1)O[C@H](C(=O)c1ccccc1)c1ccc(Cl)cc1. The quantitative estimate of drug-likeness (QED) is 0.398. The van der Waals surface area contributed by atoms with E-state index in [1.807, 2.05) is 0 Å². The Labute approximate surface area is 179 Å². The Morgan fingerprint density at radius 2 is 1.69 bits per heavy atom. The lowest BCUT2D eigenvalue weighted by Gasteiger charge is -2.18. The lowest BCUT2D eigenvalue weighted by molar-refractivity contribution is -0.146. The molecule has 2 aromatic carbocycles. The van der Waals surface area contributed by atoms with E-state index in [1.54, 1.807) is 60.7 Å². The van der Waals surface area contributed by atoms with Crippen LogP contribution in [0.5, 0.6) is 0 Å². The molecule has 148 valence electrons. The van der Waals surface area contributed by atoms with Crippen LogP contribution in [-0.4, -0.2) is 24.2 Å². The third-order valence-corrected chi connectivity index (χ3v) is 4.59. The molecule has 0 saturated heterocycles. The number of carbonyl (C=O) groups is 3. The molecule has 29 heavy (non-hydrogen) atoms. The number of carbonyl (C=O) groups excluding carboxylic acids is 3. The zero-order valence-corrected chi connectivity index (χ0v) is 17.3. The molecule has 1 N–H and O–H groups in total. The molecule has 0 aliphatic rings. The summed E-state index contributed by atoms with van der Waals surface area (Å²) < 4.78 is 10.9. The number of furan rings is 1. The fourth-order valence-electron chi connectivity index (χ4n) is 2.51. The molecule has 3 aromatic rings. The molecule has 8 heteroatoms. The van der Waals surface area contributed by atoms with Crippen molar-refractivity contribution in [2.24, 2.45) is 0 Å². The molecule has 1 heterocycles. The van der Waals surface area contributed by atoms with Crippen LogP contribution in [0, 0.1) is 0 Å². The molecule has 1 amide bonds. The number of ketones is 1. The van der Waals surface area contributed by atoms with Crippen LogP contribution in [0.3, 0.4) is 0 Å². The maximum Gasteiger partial charge on any atom is 0.326 e. The minimum absolute atomic E-state index is 0.0410. The summed E-state index contributed by atoms with van der Waals surface area (Å²) in [5.74, 6) is -1.69. The lowest BCUT2D eigenvalue weighted by atomic mass is 10.00. The van der Waals surface area contributed by atoms with Crippen molar-refractivity contribution in [3.05, 3.63) is 93.3 Å². The van der Waals surface area contributed by atoms with Crippen LogP contribution in [0.1, 0.15) is 32.6 Å². The van der Waals surface area contributed by atoms with E-state index in [9.17, 15) is 14.4 Å². The smallest absolute Gasteiger partial charge is 0.326 e. The number of rotatable bonds is 7.